The third-order valence-electron chi connectivity index (χ3n) is 2.87. The molecular formula is C10H18O6. The molecule has 0 aromatic rings. The Morgan fingerprint density at radius 1 is 1.12 bits per heavy atom. The molecule has 6 heteroatoms. The summed E-state index contributed by atoms with van der Waals surface area (Å²) >= 11 is 0. The minimum absolute atomic E-state index is 0.566. The van der Waals surface area contributed by atoms with Crippen LogP contribution in [0.3, 0.4) is 0 Å². The van der Waals surface area contributed by atoms with Gasteiger partial charge in [-0.3, -0.25) is 0 Å². The molecule has 6 nitrogen and oxygen atoms in total. The molecule has 1 heterocycles. The smallest absolute Gasteiger partial charge is 0.333 e. The zero-order valence-corrected chi connectivity index (χ0v) is 9.49. The second kappa shape index (κ2) is 4.29. The lowest BCUT2D eigenvalue weighted by Gasteiger charge is -2.45. The average molecular weight is 234 g/mol. The average Bonchev–Trinajstić information content (AvgIpc) is 2.10. The van der Waals surface area contributed by atoms with Gasteiger partial charge in [-0.05, 0) is 5.41 Å². The summed E-state index contributed by atoms with van der Waals surface area (Å²) < 4.78 is 4.82. The van der Waals surface area contributed by atoms with Gasteiger partial charge < -0.3 is 25.2 Å². The molecule has 1 aliphatic heterocycles. The maximum Gasteiger partial charge on any atom is 0.333 e. The number of aliphatic hydroxyl groups excluding tert-OH is 3. The fourth-order valence-electron chi connectivity index (χ4n) is 2.05. The van der Waals surface area contributed by atoms with Gasteiger partial charge in [0.05, 0.1) is 6.10 Å². The van der Waals surface area contributed by atoms with Gasteiger partial charge in [-0.15, -0.1) is 0 Å². The lowest BCUT2D eigenvalue weighted by molar-refractivity contribution is -0.280. The number of ether oxygens (including phenoxy) is 1. The predicted molar refractivity (Wildman–Crippen MR) is 53.5 cm³/mol. The van der Waals surface area contributed by atoms with E-state index < -0.39 is 41.9 Å². The van der Waals surface area contributed by atoms with E-state index in [4.69, 9.17) is 9.84 Å². The molecule has 0 aromatic heterocycles. The zero-order chi connectivity index (χ0) is 12.7. The van der Waals surface area contributed by atoms with E-state index in [0.29, 0.717) is 0 Å². The Labute approximate surface area is 93.5 Å². The summed E-state index contributed by atoms with van der Waals surface area (Å²) in [5.74, 6) is -2.05. The highest BCUT2D eigenvalue weighted by Gasteiger charge is 2.51. The normalized spacial score (nSPS) is 40.8. The van der Waals surface area contributed by atoms with Crippen molar-refractivity contribution in [2.24, 2.45) is 11.3 Å². The van der Waals surface area contributed by atoms with Crippen LogP contribution in [-0.4, -0.2) is 51.0 Å². The second-order valence-electron chi connectivity index (χ2n) is 5.16. The molecule has 0 saturated carbocycles. The van der Waals surface area contributed by atoms with Crippen molar-refractivity contribution in [3.8, 4) is 0 Å². The lowest BCUT2D eigenvalue weighted by Crippen LogP contribution is -2.60. The fraction of sp³-hybridized carbons (Fsp3) is 0.900. The number of hydrogen-bond donors (Lipinski definition) is 4. The van der Waals surface area contributed by atoms with Gasteiger partial charge in [0, 0.05) is 5.92 Å². The minimum Gasteiger partial charge on any atom is -0.479 e. The Hall–Kier alpha value is -0.690. The molecule has 16 heavy (non-hydrogen) atoms. The molecule has 5 atom stereocenters. The van der Waals surface area contributed by atoms with Crippen molar-refractivity contribution in [3.63, 3.8) is 0 Å². The summed E-state index contributed by atoms with van der Waals surface area (Å²) in [6.07, 6.45) is -5.81. The van der Waals surface area contributed by atoms with Crippen molar-refractivity contribution in [2.45, 2.75) is 45.4 Å². The van der Waals surface area contributed by atoms with Crippen LogP contribution in [0.5, 0.6) is 0 Å². The quantitative estimate of drug-likeness (QED) is 0.472. The highest BCUT2D eigenvalue weighted by Crippen LogP contribution is 2.38. The lowest BCUT2D eigenvalue weighted by atomic mass is 9.71. The van der Waals surface area contributed by atoms with Crippen LogP contribution in [0.15, 0.2) is 0 Å². The molecule has 1 saturated heterocycles. The monoisotopic (exact) mass is 234 g/mol. The summed E-state index contributed by atoms with van der Waals surface area (Å²) in [5.41, 5.74) is -0.566. The highest BCUT2D eigenvalue weighted by atomic mass is 16.6. The first kappa shape index (κ1) is 13.4. The molecule has 0 aromatic carbocycles. The first-order valence-corrected chi connectivity index (χ1v) is 5.08. The Kier molecular flexibility index (Phi) is 3.59. The molecule has 0 radical (unpaired) electrons. The standard InChI is InChI=1S/C10H18O6/c1-10(2,3)4-5(11)6(12)9(15)16-7(4)8(13)14/h4-7,9,11-12,15H,1-3H3,(H,13,14)/t4-,5-,6+,7-,9+/m0/s1. The van der Waals surface area contributed by atoms with Crippen molar-refractivity contribution in [2.75, 3.05) is 0 Å². The SMILES string of the molecule is CC(C)(C)[C@H]1[C@H](O)[C@@H](O)[C@H](O)O[C@@H]1C(=O)O. The largest absolute Gasteiger partial charge is 0.479 e. The first-order chi connectivity index (χ1) is 7.16. The Morgan fingerprint density at radius 2 is 1.62 bits per heavy atom. The van der Waals surface area contributed by atoms with Gasteiger partial charge in [0.15, 0.2) is 12.4 Å². The molecule has 0 amide bonds. The summed E-state index contributed by atoms with van der Waals surface area (Å²) in [5, 5.41) is 37.5. The van der Waals surface area contributed by atoms with Crippen LogP contribution < -0.4 is 0 Å². The second-order valence-corrected chi connectivity index (χ2v) is 5.16. The number of hydrogen-bond acceptors (Lipinski definition) is 5. The summed E-state index contributed by atoms with van der Waals surface area (Å²) in [4.78, 5) is 11.0. The molecule has 0 aliphatic carbocycles. The summed E-state index contributed by atoms with van der Waals surface area (Å²) in [6, 6.07) is 0. The topological polar surface area (TPSA) is 107 Å². The van der Waals surface area contributed by atoms with Crippen molar-refractivity contribution in [1.29, 1.82) is 0 Å². The third-order valence-corrected chi connectivity index (χ3v) is 2.87. The van der Waals surface area contributed by atoms with Gasteiger partial charge in [0.1, 0.15) is 6.10 Å². The van der Waals surface area contributed by atoms with Gasteiger partial charge in [-0.1, -0.05) is 20.8 Å². The minimum atomic E-state index is -1.67. The number of carboxylic acids is 1. The van der Waals surface area contributed by atoms with Gasteiger partial charge in [0.2, 0.25) is 0 Å². The van der Waals surface area contributed by atoms with Crippen LogP contribution in [-0.2, 0) is 9.53 Å². The Bertz CT molecular complexity index is 271. The number of carboxylic acid groups (broad SMARTS) is 1. The highest BCUT2D eigenvalue weighted by molar-refractivity contribution is 5.73. The maximum absolute atomic E-state index is 11.0. The van der Waals surface area contributed by atoms with E-state index in [1.807, 2.05) is 0 Å². The van der Waals surface area contributed by atoms with E-state index >= 15 is 0 Å². The van der Waals surface area contributed by atoms with Crippen molar-refractivity contribution < 1.29 is 30.0 Å². The van der Waals surface area contributed by atoms with Crippen LogP contribution in [0, 0.1) is 11.3 Å². The van der Waals surface area contributed by atoms with Gasteiger partial charge in [-0.2, -0.15) is 0 Å². The zero-order valence-electron chi connectivity index (χ0n) is 9.49. The molecule has 0 spiro atoms. The fourth-order valence-corrected chi connectivity index (χ4v) is 2.05. The van der Waals surface area contributed by atoms with Gasteiger partial charge >= 0.3 is 5.97 Å². The van der Waals surface area contributed by atoms with Crippen molar-refractivity contribution in [1.82, 2.24) is 0 Å². The Balaban J connectivity index is 3.03. The van der Waals surface area contributed by atoms with Crippen LogP contribution in [0.2, 0.25) is 0 Å². The molecule has 1 aliphatic rings. The number of aliphatic carboxylic acids is 1. The number of aliphatic hydroxyl groups is 3. The van der Waals surface area contributed by atoms with Crippen molar-refractivity contribution >= 4 is 5.97 Å². The molecule has 0 bridgehead atoms. The first-order valence-electron chi connectivity index (χ1n) is 5.08. The number of rotatable bonds is 1. The van der Waals surface area contributed by atoms with Gasteiger partial charge in [0.25, 0.3) is 0 Å². The Morgan fingerprint density at radius 3 is 2.00 bits per heavy atom. The van der Waals surface area contributed by atoms with Crippen molar-refractivity contribution in [3.05, 3.63) is 0 Å². The van der Waals surface area contributed by atoms with E-state index in [0.717, 1.165) is 0 Å². The van der Waals surface area contributed by atoms with E-state index in [1.165, 1.54) is 0 Å². The van der Waals surface area contributed by atoms with Crippen LogP contribution in [0.4, 0.5) is 0 Å². The molecule has 4 N–H and O–H groups in total. The van der Waals surface area contributed by atoms with Crippen LogP contribution in [0.1, 0.15) is 20.8 Å². The third kappa shape index (κ3) is 2.35. The van der Waals surface area contributed by atoms with E-state index in [1.54, 1.807) is 20.8 Å². The summed E-state index contributed by atoms with van der Waals surface area (Å²) in [7, 11) is 0. The van der Waals surface area contributed by atoms with E-state index in [2.05, 4.69) is 0 Å². The van der Waals surface area contributed by atoms with E-state index in [-0.39, 0.29) is 0 Å². The molecule has 1 rings (SSSR count). The van der Waals surface area contributed by atoms with Gasteiger partial charge in [-0.25, -0.2) is 4.79 Å². The van der Waals surface area contributed by atoms with E-state index in [9.17, 15) is 20.1 Å². The molecule has 0 unspecified atom stereocenters. The predicted octanol–water partition coefficient (Wildman–Crippen LogP) is -0.828. The molecule has 94 valence electrons. The van der Waals surface area contributed by atoms with Crippen LogP contribution >= 0.6 is 0 Å². The number of carbonyl (C=O) groups is 1. The maximum atomic E-state index is 11.0. The molecular weight excluding hydrogens is 216 g/mol. The van der Waals surface area contributed by atoms with Crippen LogP contribution in [0.25, 0.3) is 0 Å². The summed E-state index contributed by atoms with van der Waals surface area (Å²) in [6.45, 7) is 5.22. The molecule has 1 fully saturated rings.